The summed E-state index contributed by atoms with van der Waals surface area (Å²) in [5, 5.41) is 21.5. The molecule has 4 nitrogen and oxygen atoms in total. The fourth-order valence-electron chi connectivity index (χ4n) is 1.56. The van der Waals surface area contributed by atoms with Crippen molar-refractivity contribution in [3.8, 4) is 10.8 Å². The smallest absolute Gasteiger partial charge is 0.138 e. The van der Waals surface area contributed by atoms with Crippen LogP contribution in [-0.4, -0.2) is 0 Å². The van der Waals surface area contributed by atoms with Gasteiger partial charge in [0.05, 0.1) is 0 Å². The average molecular weight is 330 g/mol. The molecule has 104 valence electrons. The standard InChI is InChI=1S/C14H10N4S3/c15-7-19-9-1-3-11(17)13(5-9)21-14-6-10(20-8-16)2-4-12(14)18/h1-6H,17-18H2. The van der Waals surface area contributed by atoms with Crippen molar-refractivity contribution < 1.29 is 0 Å². The molecule has 0 aromatic heterocycles. The first-order chi connectivity index (χ1) is 10.1. The molecule has 0 spiro atoms. The largest absolute Gasteiger partial charge is 0.398 e. The van der Waals surface area contributed by atoms with Crippen molar-refractivity contribution in [2.45, 2.75) is 19.6 Å². The molecule has 4 N–H and O–H groups in total. The van der Waals surface area contributed by atoms with E-state index >= 15 is 0 Å². The van der Waals surface area contributed by atoms with Gasteiger partial charge in [0.1, 0.15) is 10.8 Å². The van der Waals surface area contributed by atoms with E-state index in [1.165, 1.54) is 11.8 Å². The molecule has 2 aromatic carbocycles. The van der Waals surface area contributed by atoms with Gasteiger partial charge in [0.25, 0.3) is 0 Å². The molecule has 0 unspecified atom stereocenters. The highest BCUT2D eigenvalue weighted by Gasteiger charge is 2.08. The maximum atomic E-state index is 8.73. The van der Waals surface area contributed by atoms with E-state index in [0.717, 1.165) is 43.1 Å². The Labute approximate surface area is 135 Å². The van der Waals surface area contributed by atoms with Crippen molar-refractivity contribution in [2.75, 3.05) is 11.5 Å². The Morgan fingerprint density at radius 2 is 1.19 bits per heavy atom. The summed E-state index contributed by atoms with van der Waals surface area (Å²) in [4.78, 5) is 3.33. The maximum Gasteiger partial charge on any atom is 0.138 e. The number of benzene rings is 2. The minimum atomic E-state index is 0.625. The summed E-state index contributed by atoms with van der Waals surface area (Å²) in [7, 11) is 0. The Bertz CT molecular complexity index is 683. The second kappa shape index (κ2) is 7.19. The molecule has 0 heterocycles. The van der Waals surface area contributed by atoms with Crippen molar-refractivity contribution in [1.82, 2.24) is 0 Å². The summed E-state index contributed by atoms with van der Waals surface area (Å²) in [5.74, 6) is 0. The van der Waals surface area contributed by atoms with Gasteiger partial charge in [0.2, 0.25) is 0 Å². The summed E-state index contributed by atoms with van der Waals surface area (Å²) in [6.07, 6.45) is 0. The van der Waals surface area contributed by atoms with E-state index in [0.29, 0.717) is 11.4 Å². The normalized spacial score (nSPS) is 9.81. The van der Waals surface area contributed by atoms with Crippen LogP contribution in [0.2, 0.25) is 0 Å². The lowest BCUT2D eigenvalue weighted by Gasteiger charge is -2.09. The predicted octanol–water partition coefficient (Wildman–Crippen LogP) is 4.15. The Hall–Kier alpha value is -1.93. The summed E-state index contributed by atoms with van der Waals surface area (Å²) >= 11 is 3.59. The number of thiocyanates is 2. The van der Waals surface area contributed by atoms with Crippen molar-refractivity contribution in [1.29, 1.82) is 10.5 Å². The highest BCUT2D eigenvalue weighted by Crippen LogP contribution is 2.39. The van der Waals surface area contributed by atoms with E-state index in [2.05, 4.69) is 0 Å². The predicted molar refractivity (Wildman–Crippen MR) is 88.8 cm³/mol. The van der Waals surface area contributed by atoms with Gasteiger partial charge < -0.3 is 11.5 Å². The molecule has 0 aliphatic heterocycles. The van der Waals surface area contributed by atoms with Crippen LogP contribution < -0.4 is 11.5 Å². The second-order valence-corrected chi connectivity index (χ2v) is 6.69. The molecule has 0 aliphatic rings. The highest BCUT2D eigenvalue weighted by molar-refractivity contribution is 8.04. The SMILES string of the molecule is N#CSc1ccc(N)c(Sc2cc(SC#N)ccc2N)c1. The molecular formula is C14H10N4S3. The quantitative estimate of drug-likeness (QED) is 0.493. The van der Waals surface area contributed by atoms with Crippen LogP contribution in [0.1, 0.15) is 0 Å². The molecule has 7 heteroatoms. The summed E-state index contributed by atoms with van der Waals surface area (Å²) in [6, 6.07) is 10.9. The fraction of sp³-hybridized carbons (Fsp3) is 0. The summed E-state index contributed by atoms with van der Waals surface area (Å²) in [5.41, 5.74) is 13.2. The average Bonchev–Trinajstić information content (AvgIpc) is 2.46. The first-order valence-electron chi connectivity index (χ1n) is 5.73. The number of thioether (sulfide) groups is 2. The zero-order valence-electron chi connectivity index (χ0n) is 10.7. The van der Waals surface area contributed by atoms with Gasteiger partial charge >= 0.3 is 0 Å². The van der Waals surface area contributed by atoms with Crippen LogP contribution in [0.3, 0.4) is 0 Å². The summed E-state index contributed by atoms with van der Waals surface area (Å²) < 4.78 is 0. The molecule has 0 bridgehead atoms. The minimum Gasteiger partial charge on any atom is -0.398 e. The van der Waals surface area contributed by atoms with Crippen molar-refractivity contribution >= 4 is 46.7 Å². The highest BCUT2D eigenvalue weighted by atomic mass is 32.2. The Kier molecular flexibility index (Phi) is 5.29. The van der Waals surface area contributed by atoms with Gasteiger partial charge in [0.15, 0.2) is 0 Å². The molecule has 0 amide bonds. The third-order valence-electron chi connectivity index (χ3n) is 2.52. The van der Waals surface area contributed by atoms with Gasteiger partial charge in [-0.15, -0.1) is 0 Å². The Morgan fingerprint density at radius 1 is 0.762 bits per heavy atom. The monoisotopic (exact) mass is 330 g/mol. The fourth-order valence-corrected chi connectivity index (χ4v) is 3.52. The molecule has 2 rings (SSSR count). The van der Waals surface area contributed by atoms with Gasteiger partial charge in [-0.1, -0.05) is 11.8 Å². The molecule has 0 saturated heterocycles. The number of anilines is 2. The van der Waals surface area contributed by atoms with Crippen LogP contribution in [0, 0.1) is 21.3 Å². The van der Waals surface area contributed by atoms with E-state index < -0.39 is 0 Å². The van der Waals surface area contributed by atoms with Gasteiger partial charge in [-0.2, -0.15) is 10.5 Å². The van der Waals surface area contributed by atoms with Crippen LogP contribution in [0.4, 0.5) is 11.4 Å². The molecule has 0 aliphatic carbocycles. The molecule has 0 fully saturated rings. The van der Waals surface area contributed by atoms with Crippen LogP contribution in [0.25, 0.3) is 0 Å². The molecule has 0 saturated carbocycles. The zero-order valence-corrected chi connectivity index (χ0v) is 13.2. The van der Waals surface area contributed by atoms with E-state index in [1.807, 2.05) is 22.9 Å². The van der Waals surface area contributed by atoms with Crippen molar-refractivity contribution in [3.05, 3.63) is 36.4 Å². The number of nitrogens with two attached hydrogens (primary N) is 2. The number of nitriles is 2. The van der Waals surface area contributed by atoms with Gasteiger partial charge in [0, 0.05) is 31.0 Å². The molecule has 0 atom stereocenters. The van der Waals surface area contributed by atoms with Gasteiger partial charge in [-0.25, -0.2) is 0 Å². The van der Waals surface area contributed by atoms with Crippen LogP contribution in [0.15, 0.2) is 56.0 Å². The van der Waals surface area contributed by atoms with Gasteiger partial charge in [-0.05, 0) is 59.9 Å². The molecular weight excluding hydrogens is 320 g/mol. The van der Waals surface area contributed by atoms with Crippen LogP contribution in [-0.2, 0) is 0 Å². The second-order valence-electron chi connectivity index (χ2n) is 3.89. The number of hydrogen-bond donors (Lipinski definition) is 2. The molecule has 0 radical (unpaired) electrons. The van der Waals surface area contributed by atoms with E-state index in [1.54, 1.807) is 24.3 Å². The molecule has 2 aromatic rings. The first kappa shape index (κ1) is 15.5. The van der Waals surface area contributed by atoms with E-state index in [9.17, 15) is 0 Å². The van der Waals surface area contributed by atoms with Gasteiger partial charge in [-0.3, -0.25) is 0 Å². The Balaban J connectivity index is 2.33. The van der Waals surface area contributed by atoms with Crippen molar-refractivity contribution in [2.24, 2.45) is 0 Å². The van der Waals surface area contributed by atoms with Crippen LogP contribution in [0.5, 0.6) is 0 Å². The number of nitrogen functional groups attached to an aromatic ring is 2. The number of rotatable bonds is 4. The third-order valence-corrected chi connectivity index (χ3v) is 4.83. The molecule has 21 heavy (non-hydrogen) atoms. The lowest BCUT2D eigenvalue weighted by atomic mass is 10.3. The van der Waals surface area contributed by atoms with E-state index in [-0.39, 0.29) is 0 Å². The Morgan fingerprint density at radius 3 is 1.57 bits per heavy atom. The van der Waals surface area contributed by atoms with Crippen LogP contribution >= 0.6 is 35.3 Å². The zero-order chi connectivity index (χ0) is 15.2. The topological polar surface area (TPSA) is 99.6 Å². The summed E-state index contributed by atoms with van der Waals surface area (Å²) in [6.45, 7) is 0. The lowest BCUT2D eigenvalue weighted by molar-refractivity contribution is 1.30. The maximum absolute atomic E-state index is 8.73. The third kappa shape index (κ3) is 4.02. The number of nitrogens with zero attached hydrogens (tertiary/aromatic N) is 2. The van der Waals surface area contributed by atoms with Crippen molar-refractivity contribution in [3.63, 3.8) is 0 Å². The lowest BCUT2D eigenvalue weighted by Crippen LogP contribution is -1.92. The number of hydrogen-bond acceptors (Lipinski definition) is 7. The first-order valence-corrected chi connectivity index (χ1v) is 8.17. The minimum absolute atomic E-state index is 0.625. The van der Waals surface area contributed by atoms with E-state index in [4.69, 9.17) is 22.0 Å².